The lowest BCUT2D eigenvalue weighted by atomic mass is 10.2. The van der Waals surface area contributed by atoms with Gasteiger partial charge in [0, 0.05) is 29.7 Å². The SMILES string of the molecule is CCN(Cc1cccs1)c1ccc(CNC(C)C)cc1. The smallest absolute Gasteiger partial charge is 0.0522 e. The fraction of sp³-hybridized carbons (Fsp3) is 0.412. The largest absolute Gasteiger partial charge is 0.367 e. The van der Waals surface area contributed by atoms with Gasteiger partial charge >= 0.3 is 0 Å². The van der Waals surface area contributed by atoms with Crippen molar-refractivity contribution < 1.29 is 0 Å². The zero-order chi connectivity index (χ0) is 14.4. The molecular weight excluding hydrogens is 264 g/mol. The number of benzene rings is 1. The fourth-order valence-corrected chi connectivity index (χ4v) is 2.84. The molecule has 0 saturated heterocycles. The van der Waals surface area contributed by atoms with Crippen molar-refractivity contribution in [3.05, 3.63) is 52.2 Å². The van der Waals surface area contributed by atoms with Crippen LogP contribution in [0.1, 0.15) is 31.2 Å². The van der Waals surface area contributed by atoms with Gasteiger partial charge in [0.05, 0.1) is 6.54 Å². The molecule has 2 rings (SSSR count). The Hall–Kier alpha value is -1.32. The summed E-state index contributed by atoms with van der Waals surface area (Å²) in [5, 5.41) is 5.59. The second kappa shape index (κ2) is 7.46. The van der Waals surface area contributed by atoms with E-state index in [-0.39, 0.29) is 0 Å². The summed E-state index contributed by atoms with van der Waals surface area (Å²) < 4.78 is 0. The van der Waals surface area contributed by atoms with Gasteiger partial charge in [-0.3, -0.25) is 0 Å². The van der Waals surface area contributed by atoms with E-state index in [0.29, 0.717) is 6.04 Å². The molecule has 1 heterocycles. The lowest BCUT2D eigenvalue weighted by Crippen LogP contribution is -2.22. The van der Waals surface area contributed by atoms with E-state index in [1.54, 1.807) is 0 Å². The monoisotopic (exact) mass is 288 g/mol. The number of anilines is 1. The summed E-state index contributed by atoms with van der Waals surface area (Å²) in [6, 6.07) is 13.8. The van der Waals surface area contributed by atoms with E-state index in [1.165, 1.54) is 16.1 Å². The van der Waals surface area contributed by atoms with Gasteiger partial charge in [0.15, 0.2) is 0 Å². The second-order valence-corrected chi connectivity index (χ2v) is 6.33. The van der Waals surface area contributed by atoms with Crippen LogP contribution in [-0.4, -0.2) is 12.6 Å². The zero-order valence-electron chi connectivity index (χ0n) is 12.6. The molecule has 0 spiro atoms. The maximum atomic E-state index is 3.45. The molecular formula is C17H24N2S. The van der Waals surface area contributed by atoms with Gasteiger partial charge in [-0.25, -0.2) is 0 Å². The van der Waals surface area contributed by atoms with Crippen LogP contribution in [0.2, 0.25) is 0 Å². The highest BCUT2D eigenvalue weighted by atomic mass is 32.1. The molecule has 1 aromatic carbocycles. The average molecular weight is 288 g/mol. The number of hydrogen-bond acceptors (Lipinski definition) is 3. The maximum Gasteiger partial charge on any atom is 0.0522 e. The standard InChI is InChI=1S/C17H24N2S/c1-4-19(13-17-6-5-11-20-17)16-9-7-15(8-10-16)12-18-14(2)3/h5-11,14,18H,4,12-13H2,1-3H3. The molecule has 0 bridgehead atoms. The molecule has 1 N–H and O–H groups in total. The van der Waals surface area contributed by atoms with Gasteiger partial charge in [-0.15, -0.1) is 11.3 Å². The number of hydrogen-bond donors (Lipinski definition) is 1. The highest BCUT2D eigenvalue weighted by molar-refractivity contribution is 7.09. The second-order valence-electron chi connectivity index (χ2n) is 5.30. The molecule has 20 heavy (non-hydrogen) atoms. The predicted octanol–water partition coefficient (Wildman–Crippen LogP) is 4.27. The quantitative estimate of drug-likeness (QED) is 0.818. The average Bonchev–Trinajstić information content (AvgIpc) is 2.96. The molecule has 1 aromatic heterocycles. The van der Waals surface area contributed by atoms with Crippen molar-refractivity contribution in [3.8, 4) is 0 Å². The molecule has 108 valence electrons. The van der Waals surface area contributed by atoms with Crippen LogP contribution in [0.5, 0.6) is 0 Å². The summed E-state index contributed by atoms with van der Waals surface area (Å²) in [6.07, 6.45) is 0. The normalized spacial score (nSPS) is 11.0. The number of thiophene rings is 1. The van der Waals surface area contributed by atoms with Crippen molar-refractivity contribution in [3.63, 3.8) is 0 Å². The van der Waals surface area contributed by atoms with Crippen LogP contribution in [0, 0.1) is 0 Å². The van der Waals surface area contributed by atoms with Gasteiger partial charge in [-0.05, 0) is 36.1 Å². The van der Waals surface area contributed by atoms with E-state index in [2.05, 4.69) is 72.8 Å². The van der Waals surface area contributed by atoms with Gasteiger partial charge in [0.2, 0.25) is 0 Å². The van der Waals surface area contributed by atoms with E-state index in [9.17, 15) is 0 Å². The van der Waals surface area contributed by atoms with Crippen LogP contribution < -0.4 is 10.2 Å². The fourth-order valence-electron chi connectivity index (χ4n) is 2.12. The lowest BCUT2D eigenvalue weighted by molar-refractivity contribution is 0.589. The molecule has 0 atom stereocenters. The maximum absolute atomic E-state index is 3.45. The van der Waals surface area contributed by atoms with Crippen molar-refractivity contribution in [2.75, 3.05) is 11.4 Å². The van der Waals surface area contributed by atoms with Crippen molar-refractivity contribution in [1.29, 1.82) is 0 Å². The molecule has 2 aromatic rings. The molecule has 0 fully saturated rings. The van der Waals surface area contributed by atoms with E-state index in [1.807, 2.05) is 11.3 Å². The molecule has 0 aliphatic carbocycles. The first-order chi connectivity index (χ1) is 9.69. The molecule has 2 nitrogen and oxygen atoms in total. The van der Waals surface area contributed by atoms with Gasteiger partial charge < -0.3 is 10.2 Å². The summed E-state index contributed by atoms with van der Waals surface area (Å²) >= 11 is 1.82. The highest BCUT2D eigenvalue weighted by Crippen LogP contribution is 2.20. The first-order valence-corrected chi connectivity index (χ1v) is 8.16. The van der Waals surface area contributed by atoms with Crippen LogP contribution in [0.4, 0.5) is 5.69 Å². The van der Waals surface area contributed by atoms with Crippen LogP contribution in [0.3, 0.4) is 0 Å². The molecule has 3 heteroatoms. The van der Waals surface area contributed by atoms with Crippen LogP contribution in [-0.2, 0) is 13.1 Å². The first-order valence-electron chi connectivity index (χ1n) is 7.28. The molecule has 0 aliphatic heterocycles. The van der Waals surface area contributed by atoms with Gasteiger partial charge in [-0.1, -0.05) is 32.0 Å². The van der Waals surface area contributed by atoms with Gasteiger partial charge in [0.1, 0.15) is 0 Å². The molecule has 0 amide bonds. The van der Waals surface area contributed by atoms with Crippen molar-refractivity contribution in [2.45, 2.75) is 39.9 Å². The first kappa shape index (κ1) is 15.1. The minimum atomic E-state index is 0.528. The molecule has 0 radical (unpaired) electrons. The van der Waals surface area contributed by atoms with Crippen molar-refractivity contribution >= 4 is 17.0 Å². The Morgan fingerprint density at radius 1 is 1.15 bits per heavy atom. The number of nitrogens with zero attached hydrogens (tertiary/aromatic N) is 1. The van der Waals surface area contributed by atoms with Crippen LogP contribution >= 0.6 is 11.3 Å². The summed E-state index contributed by atoms with van der Waals surface area (Å²) in [7, 11) is 0. The van der Waals surface area contributed by atoms with E-state index in [4.69, 9.17) is 0 Å². The Kier molecular flexibility index (Phi) is 5.62. The summed E-state index contributed by atoms with van der Waals surface area (Å²) in [5.41, 5.74) is 2.64. The third-order valence-electron chi connectivity index (χ3n) is 3.32. The Morgan fingerprint density at radius 2 is 1.90 bits per heavy atom. The Balaban J connectivity index is 1.99. The Bertz CT molecular complexity index is 488. The minimum Gasteiger partial charge on any atom is -0.367 e. The number of rotatable bonds is 7. The van der Waals surface area contributed by atoms with Crippen molar-refractivity contribution in [2.24, 2.45) is 0 Å². The summed E-state index contributed by atoms with van der Waals surface area (Å²) in [6.45, 7) is 9.53. The lowest BCUT2D eigenvalue weighted by Gasteiger charge is -2.22. The predicted molar refractivity (Wildman–Crippen MR) is 89.5 cm³/mol. The van der Waals surface area contributed by atoms with Crippen LogP contribution in [0.15, 0.2) is 41.8 Å². The topological polar surface area (TPSA) is 15.3 Å². The number of nitrogens with one attached hydrogen (secondary N) is 1. The molecule has 0 unspecified atom stereocenters. The van der Waals surface area contributed by atoms with E-state index < -0.39 is 0 Å². The van der Waals surface area contributed by atoms with Crippen LogP contribution in [0.25, 0.3) is 0 Å². The minimum absolute atomic E-state index is 0.528. The third kappa shape index (κ3) is 4.36. The summed E-state index contributed by atoms with van der Waals surface area (Å²) in [4.78, 5) is 3.82. The van der Waals surface area contributed by atoms with Gasteiger partial charge in [-0.2, -0.15) is 0 Å². The van der Waals surface area contributed by atoms with E-state index in [0.717, 1.165) is 19.6 Å². The van der Waals surface area contributed by atoms with E-state index >= 15 is 0 Å². The zero-order valence-corrected chi connectivity index (χ0v) is 13.4. The Labute approximate surface area is 126 Å². The molecule has 0 aliphatic rings. The highest BCUT2D eigenvalue weighted by Gasteiger charge is 2.06. The van der Waals surface area contributed by atoms with Gasteiger partial charge in [0.25, 0.3) is 0 Å². The Morgan fingerprint density at radius 3 is 2.45 bits per heavy atom. The van der Waals surface area contributed by atoms with Crippen molar-refractivity contribution in [1.82, 2.24) is 5.32 Å². The summed E-state index contributed by atoms with van der Waals surface area (Å²) in [5.74, 6) is 0. The molecule has 0 saturated carbocycles. The third-order valence-corrected chi connectivity index (χ3v) is 4.19.